The second-order valence-corrected chi connectivity index (χ2v) is 2.78. The van der Waals surface area contributed by atoms with E-state index in [-0.39, 0.29) is 12.2 Å². The Morgan fingerprint density at radius 2 is 2.45 bits per heavy atom. The van der Waals surface area contributed by atoms with E-state index in [1.807, 2.05) is 25.2 Å². The lowest BCUT2D eigenvalue weighted by Crippen LogP contribution is -2.22. The smallest absolute Gasteiger partial charge is 0.0801 e. The Morgan fingerprint density at radius 1 is 1.73 bits per heavy atom. The van der Waals surface area contributed by atoms with Crippen LogP contribution in [0.4, 0.5) is 0 Å². The summed E-state index contributed by atoms with van der Waals surface area (Å²) in [6, 6.07) is 0. The minimum atomic E-state index is 0.157. The zero-order valence-corrected chi connectivity index (χ0v) is 6.92. The highest BCUT2D eigenvalue weighted by Gasteiger charge is 2.14. The molecule has 0 aromatic carbocycles. The molecule has 0 aromatic rings. The van der Waals surface area contributed by atoms with Crippen molar-refractivity contribution < 1.29 is 4.74 Å². The summed E-state index contributed by atoms with van der Waals surface area (Å²) in [5.74, 6) is 0. The SMILES string of the molecule is C=CCC1C=CC(=C)C(C)O1. The quantitative estimate of drug-likeness (QED) is 0.549. The molecule has 2 unspecified atom stereocenters. The number of hydrogen-bond acceptors (Lipinski definition) is 1. The van der Waals surface area contributed by atoms with E-state index in [1.54, 1.807) is 0 Å². The Morgan fingerprint density at radius 3 is 3.00 bits per heavy atom. The van der Waals surface area contributed by atoms with Gasteiger partial charge in [-0.05, 0) is 18.9 Å². The van der Waals surface area contributed by atoms with Crippen LogP contribution in [-0.2, 0) is 4.74 Å². The predicted octanol–water partition coefficient (Wildman–Crippen LogP) is 2.46. The molecule has 2 atom stereocenters. The maximum absolute atomic E-state index is 5.58. The largest absolute Gasteiger partial charge is 0.366 e. The van der Waals surface area contributed by atoms with Crippen LogP contribution in [-0.4, -0.2) is 12.2 Å². The van der Waals surface area contributed by atoms with E-state index >= 15 is 0 Å². The van der Waals surface area contributed by atoms with Crippen molar-refractivity contribution >= 4 is 0 Å². The Balaban J connectivity index is 2.56. The second-order valence-electron chi connectivity index (χ2n) is 2.78. The first-order valence-electron chi connectivity index (χ1n) is 3.87. The van der Waals surface area contributed by atoms with Crippen LogP contribution in [0.5, 0.6) is 0 Å². The molecule has 0 spiro atoms. The summed E-state index contributed by atoms with van der Waals surface area (Å²) in [4.78, 5) is 0. The molecule has 0 fully saturated rings. The average molecular weight is 150 g/mol. The molecule has 0 aromatic heterocycles. The minimum absolute atomic E-state index is 0.157. The van der Waals surface area contributed by atoms with Crippen LogP contribution in [0.15, 0.2) is 37.0 Å². The maximum Gasteiger partial charge on any atom is 0.0801 e. The third kappa shape index (κ3) is 2.05. The molecule has 11 heavy (non-hydrogen) atoms. The Bertz CT molecular complexity index is 191. The van der Waals surface area contributed by atoms with Gasteiger partial charge in [-0.3, -0.25) is 0 Å². The summed E-state index contributed by atoms with van der Waals surface area (Å²) in [5.41, 5.74) is 1.05. The molecule has 1 nitrogen and oxygen atoms in total. The monoisotopic (exact) mass is 150 g/mol. The highest BCUT2D eigenvalue weighted by molar-refractivity contribution is 5.22. The van der Waals surface area contributed by atoms with Gasteiger partial charge in [0.2, 0.25) is 0 Å². The third-order valence-electron chi connectivity index (χ3n) is 1.83. The number of rotatable bonds is 2. The van der Waals surface area contributed by atoms with Gasteiger partial charge in [-0.1, -0.05) is 24.8 Å². The van der Waals surface area contributed by atoms with Gasteiger partial charge in [0, 0.05) is 0 Å². The molecule has 0 saturated carbocycles. The first-order valence-corrected chi connectivity index (χ1v) is 3.87. The van der Waals surface area contributed by atoms with Crippen molar-refractivity contribution in [2.45, 2.75) is 25.6 Å². The zero-order chi connectivity index (χ0) is 8.27. The fourth-order valence-electron chi connectivity index (χ4n) is 1.06. The van der Waals surface area contributed by atoms with Crippen molar-refractivity contribution in [1.82, 2.24) is 0 Å². The predicted molar refractivity (Wildman–Crippen MR) is 47.4 cm³/mol. The number of ether oxygens (including phenoxy) is 1. The van der Waals surface area contributed by atoms with Crippen molar-refractivity contribution in [1.29, 1.82) is 0 Å². The molecule has 0 radical (unpaired) electrons. The Hall–Kier alpha value is -0.820. The zero-order valence-electron chi connectivity index (χ0n) is 6.92. The lowest BCUT2D eigenvalue weighted by atomic mass is 10.1. The van der Waals surface area contributed by atoms with E-state index in [1.165, 1.54) is 0 Å². The Kier molecular flexibility index (Phi) is 2.66. The highest BCUT2D eigenvalue weighted by atomic mass is 16.5. The van der Waals surface area contributed by atoms with E-state index < -0.39 is 0 Å². The second kappa shape index (κ2) is 3.54. The van der Waals surface area contributed by atoms with Gasteiger partial charge in [-0.2, -0.15) is 0 Å². The normalized spacial score (nSPS) is 30.5. The fourth-order valence-corrected chi connectivity index (χ4v) is 1.06. The van der Waals surface area contributed by atoms with Gasteiger partial charge in [-0.25, -0.2) is 0 Å². The van der Waals surface area contributed by atoms with E-state index in [0.717, 1.165) is 12.0 Å². The van der Waals surface area contributed by atoms with Gasteiger partial charge in [0.15, 0.2) is 0 Å². The van der Waals surface area contributed by atoms with Gasteiger partial charge >= 0.3 is 0 Å². The summed E-state index contributed by atoms with van der Waals surface area (Å²) in [7, 11) is 0. The highest BCUT2D eigenvalue weighted by Crippen LogP contribution is 2.17. The van der Waals surface area contributed by atoms with Crippen LogP contribution in [0, 0.1) is 0 Å². The van der Waals surface area contributed by atoms with Crippen LogP contribution < -0.4 is 0 Å². The van der Waals surface area contributed by atoms with Gasteiger partial charge in [0.25, 0.3) is 0 Å². The van der Waals surface area contributed by atoms with Crippen molar-refractivity contribution in [3.63, 3.8) is 0 Å². The molecule has 1 aliphatic rings. The summed E-state index contributed by atoms with van der Waals surface area (Å²) in [6.07, 6.45) is 7.17. The molecule has 1 aliphatic heterocycles. The molecule has 0 N–H and O–H groups in total. The third-order valence-corrected chi connectivity index (χ3v) is 1.83. The lowest BCUT2D eigenvalue weighted by molar-refractivity contribution is 0.0431. The summed E-state index contributed by atoms with van der Waals surface area (Å²) < 4.78 is 5.58. The van der Waals surface area contributed by atoms with Gasteiger partial charge in [0.1, 0.15) is 0 Å². The van der Waals surface area contributed by atoms with Crippen LogP contribution in [0.25, 0.3) is 0 Å². The summed E-state index contributed by atoms with van der Waals surface area (Å²) in [5, 5.41) is 0. The molecule has 1 heterocycles. The van der Waals surface area contributed by atoms with E-state index in [4.69, 9.17) is 4.74 Å². The molecule has 0 bridgehead atoms. The molecular weight excluding hydrogens is 136 g/mol. The molecule has 0 saturated heterocycles. The van der Waals surface area contributed by atoms with Crippen molar-refractivity contribution in [2.75, 3.05) is 0 Å². The lowest BCUT2D eigenvalue weighted by Gasteiger charge is -2.23. The van der Waals surface area contributed by atoms with Crippen molar-refractivity contribution in [2.24, 2.45) is 0 Å². The molecule has 1 heteroatoms. The van der Waals surface area contributed by atoms with Crippen molar-refractivity contribution in [3.8, 4) is 0 Å². The Labute approximate surface area is 68.1 Å². The molecular formula is C10H14O. The summed E-state index contributed by atoms with van der Waals surface area (Å²) in [6.45, 7) is 9.53. The van der Waals surface area contributed by atoms with Gasteiger partial charge in [0.05, 0.1) is 12.2 Å². The molecule has 0 amide bonds. The molecule has 1 rings (SSSR count). The first kappa shape index (κ1) is 8.28. The standard InChI is InChI=1S/C10H14O/c1-4-5-10-7-6-8(2)9(3)11-10/h4,6-7,9-10H,1-2,5H2,3H3. The topological polar surface area (TPSA) is 9.23 Å². The number of hydrogen-bond donors (Lipinski definition) is 0. The van der Waals surface area contributed by atoms with Crippen molar-refractivity contribution in [3.05, 3.63) is 37.0 Å². The van der Waals surface area contributed by atoms with Crippen LogP contribution in [0.2, 0.25) is 0 Å². The van der Waals surface area contributed by atoms with Gasteiger partial charge in [-0.15, -0.1) is 6.58 Å². The fraction of sp³-hybridized carbons (Fsp3) is 0.400. The molecule has 60 valence electrons. The average Bonchev–Trinajstić information content (AvgIpc) is 1.98. The minimum Gasteiger partial charge on any atom is -0.366 e. The first-order chi connectivity index (χ1) is 5.24. The van der Waals surface area contributed by atoms with Gasteiger partial charge < -0.3 is 4.74 Å². The van der Waals surface area contributed by atoms with Crippen LogP contribution >= 0.6 is 0 Å². The van der Waals surface area contributed by atoms with E-state index in [2.05, 4.69) is 13.2 Å². The maximum atomic E-state index is 5.58. The van der Waals surface area contributed by atoms with Crippen LogP contribution in [0.3, 0.4) is 0 Å². The van der Waals surface area contributed by atoms with E-state index in [9.17, 15) is 0 Å². The van der Waals surface area contributed by atoms with E-state index in [0.29, 0.717) is 0 Å². The molecule has 0 aliphatic carbocycles. The van der Waals surface area contributed by atoms with Crippen LogP contribution in [0.1, 0.15) is 13.3 Å². The summed E-state index contributed by atoms with van der Waals surface area (Å²) >= 11 is 0.